The second-order valence-corrected chi connectivity index (χ2v) is 9.33. The van der Waals surface area contributed by atoms with E-state index in [0.717, 1.165) is 18.4 Å². The molecule has 1 atom stereocenters. The molecule has 1 aliphatic carbocycles. The third-order valence-electron chi connectivity index (χ3n) is 5.11. The maximum absolute atomic E-state index is 13.3. The number of hydrogen-bond donors (Lipinski definition) is 1. The molecule has 0 bridgehead atoms. The first-order valence-electron chi connectivity index (χ1n) is 9.59. The number of carbonyl (C=O) groups excluding carboxylic acids is 1. The summed E-state index contributed by atoms with van der Waals surface area (Å²) >= 11 is 0. The van der Waals surface area contributed by atoms with Crippen molar-refractivity contribution in [2.45, 2.75) is 43.4 Å². The number of amides is 1. The van der Waals surface area contributed by atoms with Gasteiger partial charge < -0.3 is 5.32 Å². The van der Waals surface area contributed by atoms with Crippen LogP contribution in [0.1, 0.15) is 35.7 Å². The van der Waals surface area contributed by atoms with Crippen molar-refractivity contribution < 1.29 is 26.4 Å². The van der Waals surface area contributed by atoms with Crippen LogP contribution in [0.15, 0.2) is 59.5 Å². The third-order valence-corrected chi connectivity index (χ3v) is 7.06. The van der Waals surface area contributed by atoms with E-state index in [1.165, 1.54) is 28.6 Å². The van der Waals surface area contributed by atoms with Crippen molar-refractivity contribution in [2.75, 3.05) is 6.54 Å². The Hall–Kier alpha value is -2.39. The minimum absolute atomic E-state index is 0.00157. The van der Waals surface area contributed by atoms with Gasteiger partial charge in [0.15, 0.2) is 0 Å². The molecular formula is C21H23F3N2O3S. The fourth-order valence-electron chi connectivity index (χ4n) is 3.22. The van der Waals surface area contributed by atoms with E-state index in [9.17, 15) is 26.4 Å². The first kappa shape index (κ1) is 22.3. The van der Waals surface area contributed by atoms with Crippen LogP contribution >= 0.6 is 0 Å². The van der Waals surface area contributed by atoms with Gasteiger partial charge in [-0.05, 0) is 55.5 Å². The number of halogens is 3. The quantitative estimate of drug-likeness (QED) is 0.676. The van der Waals surface area contributed by atoms with Crippen LogP contribution in [0.3, 0.4) is 0 Å². The molecule has 2 aromatic carbocycles. The molecular weight excluding hydrogens is 417 g/mol. The molecule has 5 nitrogen and oxygen atoms in total. The molecule has 2 aromatic rings. The highest BCUT2D eigenvalue weighted by Crippen LogP contribution is 2.37. The maximum atomic E-state index is 13.3. The van der Waals surface area contributed by atoms with Gasteiger partial charge in [-0.25, -0.2) is 8.42 Å². The highest BCUT2D eigenvalue weighted by Gasteiger charge is 2.38. The summed E-state index contributed by atoms with van der Waals surface area (Å²) in [5, 5.41) is 1.77. The van der Waals surface area contributed by atoms with Crippen LogP contribution in [-0.4, -0.2) is 37.4 Å². The monoisotopic (exact) mass is 440 g/mol. The third kappa shape index (κ3) is 5.60. The van der Waals surface area contributed by atoms with Gasteiger partial charge in [-0.3, -0.25) is 4.79 Å². The van der Waals surface area contributed by atoms with Crippen LogP contribution in [0.4, 0.5) is 13.2 Å². The van der Waals surface area contributed by atoms with Gasteiger partial charge in [0.05, 0.1) is 4.90 Å². The molecule has 0 radical (unpaired) electrons. The van der Waals surface area contributed by atoms with E-state index < -0.39 is 28.7 Å². The normalized spacial score (nSPS) is 15.8. The Morgan fingerprint density at radius 1 is 1.10 bits per heavy atom. The minimum atomic E-state index is -4.52. The van der Waals surface area contributed by atoms with Crippen LogP contribution in [0, 0.1) is 5.92 Å². The summed E-state index contributed by atoms with van der Waals surface area (Å²) in [6.07, 6.45) is -2.57. The zero-order chi connectivity index (χ0) is 21.9. The second kappa shape index (κ2) is 8.77. The summed E-state index contributed by atoms with van der Waals surface area (Å²) in [5.41, 5.74) is 0.819. The van der Waals surface area contributed by atoms with Crippen molar-refractivity contribution in [1.29, 1.82) is 0 Å². The molecule has 0 spiro atoms. The van der Waals surface area contributed by atoms with Gasteiger partial charge in [0.25, 0.3) is 5.91 Å². The van der Waals surface area contributed by atoms with E-state index >= 15 is 0 Å². The number of carbonyl (C=O) groups is 1. The summed E-state index contributed by atoms with van der Waals surface area (Å²) in [4.78, 5) is 11.9. The van der Waals surface area contributed by atoms with Gasteiger partial charge in [0.1, 0.15) is 6.54 Å². The lowest BCUT2D eigenvalue weighted by atomic mass is 10.2. The average molecular weight is 440 g/mol. The molecule has 0 aromatic heterocycles. The largest absolute Gasteiger partial charge is 0.405 e. The van der Waals surface area contributed by atoms with Crippen LogP contribution in [-0.2, 0) is 16.6 Å². The number of sulfonamides is 1. The average Bonchev–Trinajstić information content (AvgIpc) is 3.55. The maximum Gasteiger partial charge on any atom is 0.405 e. The predicted octanol–water partition coefficient (Wildman–Crippen LogP) is 3.97. The molecule has 1 unspecified atom stereocenters. The fourth-order valence-corrected chi connectivity index (χ4v) is 4.90. The van der Waals surface area contributed by atoms with Crippen LogP contribution < -0.4 is 5.32 Å². The topological polar surface area (TPSA) is 66.5 Å². The van der Waals surface area contributed by atoms with Gasteiger partial charge >= 0.3 is 6.18 Å². The molecule has 1 N–H and O–H groups in total. The highest BCUT2D eigenvalue weighted by molar-refractivity contribution is 7.89. The number of nitrogens with zero attached hydrogens (tertiary/aromatic N) is 1. The minimum Gasteiger partial charge on any atom is -0.343 e. The SMILES string of the molecule is CC(C1CC1)N(Cc1ccccc1)S(=O)(=O)c1ccc(C(=O)NCC(F)(F)F)cc1. The van der Waals surface area contributed by atoms with Crippen LogP contribution in [0.5, 0.6) is 0 Å². The molecule has 1 aliphatic rings. The Balaban J connectivity index is 1.81. The predicted molar refractivity (Wildman–Crippen MR) is 106 cm³/mol. The van der Waals surface area contributed by atoms with Crippen molar-refractivity contribution in [3.63, 3.8) is 0 Å². The smallest absolute Gasteiger partial charge is 0.343 e. The molecule has 3 rings (SSSR count). The van der Waals surface area contributed by atoms with E-state index in [1.54, 1.807) is 5.32 Å². The van der Waals surface area contributed by atoms with Gasteiger partial charge in [0, 0.05) is 18.2 Å². The van der Waals surface area contributed by atoms with E-state index in [4.69, 9.17) is 0 Å². The lowest BCUT2D eigenvalue weighted by Gasteiger charge is -2.28. The van der Waals surface area contributed by atoms with Crippen molar-refractivity contribution in [3.8, 4) is 0 Å². The Morgan fingerprint density at radius 3 is 2.23 bits per heavy atom. The molecule has 162 valence electrons. The van der Waals surface area contributed by atoms with Gasteiger partial charge in [-0.1, -0.05) is 30.3 Å². The number of hydrogen-bond acceptors (Lipinski definition) is 3. The van der Waals surface area contributed by atoms with E-state index in [0.29, 0.717) is 5.92 Å². The molecule has 1 amide bonds. The lowest BCUT2D eigenvalue weighted by Crippen LogP contribution is -2.39. The Morgan fingerprint density at radius 2 is 1.70 bits per heavy atom. The lowest BCUT2D eigenvalue weighted by molar-refractivity contribution is -0.123. The summed E-state index contributed by atoms with van der Waals surface area (Å²) < 4.78 is 64.9. The number of alkyl halides is 3. The molecule has 1 fully saturated rings. The van der Waals surface area contributed by atoms with Crippen molar-refractivity contribution >= 4 is 15.9 Å². The van der Waals surface area contributed by atoms with Crippen LogP contribution in [0.2, 0.25) is 0 Å². The van der Waals surface area contributed by atoms with Gasteiger partial charge in [0.2, 0.25) is 10.0 Å². The number of nitrogens with one attached hydrogen (secondary N) is 1. The number of benzene rings is 2. The Labute approximate surface area is 173 Å². The molecule has 30 heavy (non-hydrogen) atoms. The second-order valence-electron chi connectivity index (χ2n) is 7.44. The zero-order valence-electron chi connectivity index (χ0n) is 16.4. The zero-order valence-corrected chi connectivity index (χ0v) is 17.2. The first-order valence-corrected chi connectivity index (χ1v) is 11.0. The van der Waals surface area contributed by atoms with E-state index in [-0.39, 0.29) is 23.0 Å². The summed E-state index contributed by atoms with van der Waals surface area (Å²) in [5.74, 6) is -0.611. The van der Waals surface area contributed by atoms with Crippen molar-refractivity contribution in [3.05, 3.63) is 65.7 Å². The van der Waals surface area contributed by atoms with Crippen molar-refractivity contribution in [2.24, 2.45) is 5.92 Å². The summed E-state index contributed by atoms with van der Waals surface area (Å²) in [6.45, 7) is 0.654. The molecule has 0 aliphatic heterocycles. The molecule has 0 heterocycles. The molecule has 0 saturated heterocycles. The standard InChI is InChI=1S/C21H23F3N2O3S/c1-15(17-7-8-17)26(13-16-5-3-2-4-6-16)30(28,29)19-11-9-18(10-12-19)20(27)25-14-21(22,23)24/h2-6,9-12,15,17H,7-8,13-14H2,1H3,(H,25,27). The summed E-state index contributed by atoms with van der Waals surface area (Å²) in [7, 11) is -3.86. The van der Waals surface area contributed by atoms with E-state index in [1.807, 2.05) is 37.3 Å². The van der Waals surface area contributed by atoms with Crippen molar-refractivity contribution in [1.82, 2.24) is 9.62 Å². The van der Waals surface area contributed by atoms with Gasteiger partial charge in [-0.2, -0.15) is 17.5 Å². The highest BCUT2D eigenvalue weighted by atomic mass is 32.2. The first-order chi connectivity index (χ1) is 14.1. The summed E-state index contributed by atoms with van der Waals surface area (Å²) in [6, 6.07) is 14.0. The molecule has 9 heteroatoms. The Bertz CT molecular complexity index is 973. The fraction of sp³-hybridized carbons (Fsp3) is 0.381. The van der Waals surface area contributed by atoms with E-state index in [2.05, 4.69) is 0 Å². The van der Waals surface area contributed by atoms with Gasteiger partial charge in [-0.15, -0.1) is 0 Å². The number of rotatable bonds is 8. The van der Waals surface area contributed by atoms with Crippen LogP contribution in [0.25, 0.3) is 0 Å². The molecule has 1 saturated carbocycles. The Kier molecular flexibility index (Phi) is 6.52.